The fourth-order valence-electron chi connectivity index (χ4n) is 2.38. The topological polar surface area (TPSA) is 56.8 Å². The Kier molecular flexibility index (Phi) is 7.60. The van der Waals surface area contributed by atoms with Crippen LogP contribution in [0.1, 0.15) is 32.4 Å². The molecule has 0 fully saturated rings. The molecular weight excluding hydrogens is 354 g/mol. The van der Waals surface area contributed by atoms with Gasteiger partial charge in [-0.15, -0.1) is 0 Å². The van der Waals surface area contributed by atoms with Gasteiger partial charge in [0.1, 0.15) is 5.75 Å². The number of halogens is 1. The summed E-state index contributed by atoms with van der Waals surface area (Å²) in [5, 5.41) is 3.53. The number of carbonyl (C=O) groups excluding carboxylic acids is 1. The first-order valence-corrected chi connectivity index (χ1v) is 8.98. The molecule has 2 aromatic carbocycles. The highest BCUT2D eigenvalue weighted by Crippen LogP contribution is 2.30. The van der Waals surface area contributed by atoms with Gasteiger partial charge < -0.3 is 19.5 Å². The molecule has 0 saturated carbocycles. The van der Waals surface area contributed by atoms with Gasteiger partial charge >= 0.3 is 0 Å². The molecule has 0 radical (unpaired) electrons. The van der Waals surface area contributed by atoms with Crippen molar-refractivity contribution in [3.05, 3.63) is 53.1 Å². The summed E-state index contributed by atoms with van der Waals surface area (Å²) in [6, 6.07) is 12.3. The van der Waals surface area contributed by atoms with Crippen LogP contribution in [-0.2, 0) is 4.79 Å². The van der Waals surface area contributed by atoms with E-state index < -0.39 is 0 Å². The van der Waals surface area contributed by atoms with Crippen LogP contribution in [0.2, 0.25) is 5.02 Å². The molecule has 6 heteroatoms. The van der Waals surface area contributed by atoms with Gasteiger partial charge in [0.25, 0.3) is 5.91 Å². The molecule has 1 atom stereocenters. The SMILES string of the molecule is CCOc1ccc(C(C)NC(=O)COc2ccc(Cl)cc2)cc1OCC. The van der Waals surface area contributed by atoms with Gasteiger partial charge in [-0.1, -0.05) is 17.7 Å². The minimum Gasteiger partial charge on any atom is -0.490 e. The van der Waals surface area contributed by atoms with Crippen LogP contribution in [0.25, 0.3) is 0 Å². The lowest BCUT2D eigenvalue weighted by Gasteiger charge is -2.17. The van der Waals surface area contributed by atoms with Gasteiger partial charge in [-0.05, 0) is 62.7 Å². The van der Waals surface area contributed by atoms with Gasteiger partial charge in [-0.25, -0.2) is 0 Å². The van der Waals surface area contributed by atoms with Gasteiger partial charge in [0.05, 0.1) is 19.3 Å². The summed E-state index contributed by atoms with van der Waals surface area (Å²) in [6.45, 7) is 6.79. The second kappa shape index (κ2) is 9.92. The van der Waals surface area contributed by atoms with Crippen LogP contribution in [0.3, 0.4) is 0 Å². The van der Waals surface area contributed by atoms with Crippen LogP contribution in [0, 0.1) is 0 Å². The molecule has 1 N–H and O–H groups in total. The van der Waals surface area contributed by atoms with Crippen LogP contribution in [0.5, 0.6) is 17.2 Å². The summed E-state index contributed by atoms with van der Waals surface area (Å²) < 4.78 is 16.6. The maximum atomic E-state index is 12.1. The van der Waals surface area contributed by atoms with Crippen molar-refractivity contribution in [2.24, 2.45) is 0 Å². The molecule has 26 heavy (non-hydrogen) atoms. The third-order valence-corrected chi connectivity index (χ3v) is 3.88. The van der Waals surface area contributed by atoms with Crippen molar-refractivity contribution < 1.29 is 19.0 Å². The number of benzene rings is 2. The number of rotatable bonds is 9. The minimum absolute atomic E-state index is 0.0681. The molecule has 5 nitrogen and oxygen atoms in total. The first-order valence-electron chi connectivity index (χ1n) is 8.60. The van der Waals surface area contributed by atoms with Crippen molar-refractivity contribution in [2.45, 2.75) is 26.8 Å². The van der Waals surface area contributed by atoms with E-state index in [1.807, 2.05) is 39.0 Å². The molecule has 0 aromatic heterocycles. The number of carbonyl (C=O) groups is 1. The highest BCUT2D eigenvalue weighted by atomic mass is 35.5. The van der Waals surface area contributed by atoms with Crippen molar-refractivity contribution in [1.82, 2.24) is 5.32 Å². The summed E-state index contributed by atoms with van der Waals surface area (Å²) >= 11 is 5.82. The summed E-state index contributed by atoms with van der Waals surface area (Å²) in [5.74, 6) is 1.75. The molecule has 1 amide bonds. The predicted octanol–water partition coefficient (Wildman–Crippen LogP) is 4.39. The van der Waals surface area contributed by atoms with Crippen LogP contribution in [-0.4, -0.2) is 25.7 Å². The average molecular weight is 378 g/mol. The van der Waals surface area contributed by atoms with Gasteiger partial charge in [-0.3, -0.25) is 4.79 Å². The number of ether oxygens (including phenoxy) is 3. The third kappa shape index (κ3) is 5.85. The summed E-state index contributed by atoms with van der Waals surface area (Å²) in [7, 11) is 0. The highest BCUT2D eigenvalue weighted by Gasteiger charge is 2.13. The molecule has 0 spiro atoms. The molecule has 2 aromatic rings. The lowest BCUT2D eigenvalue weighted by molar-refractivity contribution is -0.123. The van der Waals surface area contributed by atoms with Crippen molar-refractivity contribution in [3.8, 4) is 17.2 Å². The zero-order valence-corrected chi connectivity index (χ0v) is 16.0. The molecular formula is C20H24ClNO4. The van der Waals surface area contributed by atoms with Gasteiger partial charge in [-0.2, -0.15) is 0 Å². The second-order valence-corrected chi connectivity index (χ2v) is 6.04. The second-order valence-electron chi connectivity index (χ2n) is 5.60. The maximum Gasteiger partial charge on any atom is 0.258 e. The number of hydrogen-bond donors (Lipinski definition) is 1. The van der Waals surface area contributed by atoms with E-state index in [2.05, 4.69) is 5.32 Å². The van der Waals surface area contributed by atoms with E-state index in [4.69, 9.17) is 25.8 Å². The van der Waals surface area contributed by atoms with Crippen LogP contribution in [0.4, 0.5) is 0 Å². The zero-order valence-electron chi connectivity index (χ0n) is 15.3. The first-order chi connectivity index (χ1) is 12.5. The van der Waals surface area contributed by atoms with Crippen molar-refractivity contribution in [1.29, 1.82) is 0 Å². The Morgan fingerprint density at radius 2 is 1.65 bits per heavy atom. The van der Waals surface area contributed by atoms with E-state index in [0.717, 1.165) is 5.56 Å². The highest BCUT2D eigenvalue weighted by molar-refractivity contribution is 6.30. The molecule has 0 saturated heterocycles. The maximum absolute atomic E-state index is 12.1. The van der Waals surface area contributed by atoms with Crippen molar-refractivity contribution >= 4 is 17.5 Å². The monoisotopic (exact) mass is 377 g/mol. The van der Waals surface area contributed by atoms with Crippen molar-refractivity contribution in [2.75, 3.05) is 19.8 Å². The number of nitrogens with one attached hydrogen (secondary N) is 1. The molecule has 1 unspecified atom stereocenters. The molecule has 0 aliphatic carbocycles. The van der Waals surface area contributed by atoms with Crippen LogP contribution < -0.4 is 19.5 Å². The lowest BCUT2D eigenvalue weighted by atomic mass is 10.1. The fourth-order valence-corrected chi connectivity index (χ4v) is 2.51. The Balaban J connectivity index is 1.95. The predicted molar refractivity (Wildman–Crippen MR) is 102 cm³/mol. The first kappa shape index (κ1) is 19.9. The molecule has 0 bridgehead atoms. The Bertz CT molecular complexity index is 718. The Hall–Kier alpha value is -2.40. The Morgan fingerprint density at radius 1 is 1.00 bits per heavy atom. The van der Waals surface area contributed by atoms with Gasteiger partial charge in [0, 0.05) is 5.02 Å². The summed E-state index contributed by atoms with van der Waals surface area (Å²) in [4.78, 5) is 12.1. The summed E-state index contributed by atoms with van der Waals surface area (Å²) in [5.41, 5.74) is 0.928. The van der Waals surface area contributed by atoms with E-state index in [9.17, 15) is 4.79 Å². The molecule has 0 aliphatic heterocycles. The van der Waals surface area contributed by atoms with E-state index >= 15 is 0 Å². The van der Waals surface area contributed by atoms with E-state index in [1.165, 1.54) is 0 Å². The van der Waals surface area contributed by atoms with Crippen molar-refractivity contribution in [3.63, 3.8) is 0 Å². The smallest absolute Gasteiger partial charge is 0.258 e. The van der Waals surface area contributed by atoms with Crippen LogP contribution >= 0.6 is 11.6 Å². The molecule has 0 heterocycles. The van der Waals surface area contributed by atoms with E-state index in [-0.39, 0.29) is 18.6 Å². The fraction of sp³-hybridized carbons (Fsp3) is 0.350. The number of amides is 1. The van der Waals surface area contributed by atoms with E-state index in [1.54, 1.807) is 24.3 Å². The quantitative estimate of drug-likeness (QED) is 0.704. The average Bonchev–Trinajstić information content (AvgIpc) is 2.63. The molecule has 2 rings (SSSR count). The molecule has 140 valence electrons. The number of hydrogen-bond acceptors (Lipinski definition) is 4. The Labute approximate surface area is 159 Å². The third-order valence-electron chi connectivity index (χ3n) is 3.63. The Morgan fingerprint density at radius 3 is 2.31 bits per heavy atom. The van der Waals surface area contributed by atoms with Gasteiger partial charge in [0.15, 0.2) is 18.1 Å². The largest absolute Gasteiger partial charge is 0.490 e. The lowest BCUT2D eigenvalue weighted by Crippen LogP contribution is -2.31. The normalized spacial score (nSPS) is 11.5. The zero-order chi connectivity index (χ0) is 18.9. The molecule has 0 aliphatic rings. The van der Waals surface area contributed by atoms with Gasteiger partial charge in [0.2, 0.25) is 0 Å². The standard InChI is InChI=1S/C20H24ClNO4/c1-4-24-18-11-6-15(12-19(18)25-5-2)14(3)22-20(23)13-26-17-9-7-16(21)8-10-17/h6-12,14H,4-5,13H2,1-3H3,(H,22,23). The van der Waals surface area contributed by atoms with Crippen LogP contribution in [0.15, 0.2) is 42.5 Å². The minimum atomic E-state index is -0.209. The summed E-state index contributed by atoms with van der Waals surface area (Å²) in [6.07, 6.45) is 0. The van der Waals surface area contributed by atoms with E-state index in [0.29, 0.717) is 35.5 Å².